The van der Waals surface area contributed by atoms with Gasteiger partial charge in [-0.1, -0.05) is 18.5 Å². The lowest BCUT2D eigenvalue weighted by atomic mass is 10.5. The van der Waals surface area contributed by atoms with Gasteiger partial charge in [0.15, 0.2) is 11.0 Å². The standard InChI is InChI=1S/C10H12ClN5S/c1-2-5-17-7-6-13-16(10(7)12)9-4-3-8(11)14-15-9/h3-4,6H,2,5,12H2,1H3. The van der Waals surface area contributed by atoms with Crippen molar-refractivity contribution in [2.75, 3.05) is 11.5 Å². The lowest BCUT2D eigenvalue weighted by molar-refractivity contribution is 0.822. The van der Waals surface area contributed by atoms with Crippen molar-refractivity contribution in [3.05, 3.63) is 23.5 Å². The van der Waals surface area contributed by atoms with Crippen molar-refractivity contribution >= 4 is 29.2 Å². The van der Waals surface area contributed by atoms with Crippen molar-refractivity contribution in [3.63, 3.8) is 0 Å². The summed E-state index contributed by atoms with van der Waals surface area (Å²) in [5.41, 5.74) is 5.99. The Morgan fingerprint density at radius 2 is 2.24 bits per heavy atom. The normalized spacial score (nSPS) is 10.7. The van der Waals surface area contributed by atoms with Crippen LogP contribution in [0.2, 0.25) is 5.15 Å². The number of nitrogen functional groups attached to an aromatic ring is 1. The van der Waals surface area contributed by atoms with Crippen LogP contribution in [0.25, 0.3) is 5.82 Å². The quantitative estimate of drug-likeness (QED) is 0.863. The molecular formula is C10H12ClN5S. The van der Waals surface area contributed by atoms with Gasteiger partial charge in [0.1, 0.15) is 5.82 Å². The van der Waals surface area contributed by atoms with E-state index in [-0.39, 0.29) is 0 Å². The average molecular weight is 270 g/mol. The van der Waals surface area contributed by atoms with Crippen molar-refractivity contribution in [1.82, 2.24) is 20.0 Å². The summed E-state index contributed by atoms with van der Waals surface area (Å²) < 4.78 is 1.56. The minimum atomic E-state index is 0.347. The van der Waals surface area contributed by atoms with Gasteiger partial charge in [0.05, 0.1) is 11.1 Å². The van der Waals surface area contributed by atoms with E-state index in [0.29, 0.717) is 16.8 Å². The summed E-state index contributed by atoms with van der Waals surface area (Å²) in [6, 6.07) is 3.39. The maximum absolute atomic E-state index is 5.99. The monoisotopic (exact) mass is 269 g/mol. The summed E-state index contributed by atoms with van der Waals surface area (Å²) in [4.78, 5) is 0.962. The molecule has 0 unspecified atom stereocenters. The van der Waals surface area contributed by atoms with Gasteiger partial charge in [-0.25, -0.2) is 0 Å². The molecule has 2 aromatic heterocycles. The predicted octanol–water partition coefficient (Wildman–Crippen LogP) is 2.40. The van der Waals surface area contributed by atoms with Gasteiger partial charge in [-0.05, 0) is 24.3 Å². The molecule has 0 aromatic carbocycles. The molecule has 5 nitrogen and oxygen atoms in total. The lowest BCUT2D eigenvalue weighted by Gasteiger charge is -2.03. The van der Waals surface area contributed by atoms with Crippen molar-refractivity contribution in [2.24, 2.45) is 0 Å². The molecule has 0 bridgehead atoms. The van der Waals surface area contributed by atoms with E-state index >= 15 is 0 Å². The zero-order valence-electron chi connectivity index (χ0n) is 9.30. The fourth-order valence-corrected chi connectivity index (χ4v) is 2.15. The summed E-state index contributed by atoms with van der Waals surface area (Å²) in [5.74, 6) is 2.16. The molecule has 0 aliphatic carbocycles. The molecule has 2 aromatic rings. The highest BCUT2D eigenvalue weighted by Crippen LogP contribution is 2.26. The van der Waals surface area contributed by atoms with E-state index < -0.39 is 0 Å². The topological polar surface area (TPSA) is 69.6 Å². The van der Waals surface area contributed by atoms with E-state index in [1.807, 2.05) is 0 Å². The molecule has 90 valence electrons. The van der Waals surface area contributed by atoms with E-state index in [4.69, 9.17) is 17.3 Å². The maximum Gasteiger partial charge on any atom is 0.178 e. The van der Waals surface area contributed by atoms with Gasteiger partial charge in [-0.15, -0.1) is 22.0 Å². The summed E-state index contributed by atoms with van der Waals surface area (Å²) in [7, 11) is 0. The van der Waals surface area contributed by atoms with E-state index in [1.54, 1.807) is 34.8 Å². The molecule has 17 heavy (non-hydrogen) atoms. The third-order valence-corrected chi connectivity index (χ3v) is 3.51. The van der Waals surface area contributed by atoms with E-state index in [0.717, 1.165) is 17.1 Å². The van der Waals surface area contributed by atoms with Gasteiger partial charge in [0.25, 0.3) is 0 Å². The number of nitrogens with two attached hydrogens (primary N) is 1. The number of anilines is 1. The van der Waals surface area contributed by atoms with Gasteiger partial charge in [-0.2, -0.15) is 9.78 Å². The van der Waals surface area contributed by atoms with Crippen LogP contribution in [0.5, 0.6) is 0 Å². The molecule has 7 heteroatoms. The van der Waals surface area contributed by atoms with Gasteiger partial charge in [-0.3, -0.25) is 0 Å². The number of nitrogens with zero attached hydrogens (tertiary/aromatic N) is 4. The zero-order chi connectivity index (χ0) is 12.3. The highest BCUT2D eigenvalue weighted by molar-refractivity contribution is 7.99. The molecule has 0 amide bonds. The molecule has 2 rings (SSSR count). The van der Waals surface area contributed by atoms with Gasteiger partial charge in [0.2, 0.25) is 0 Å². The molecule has 0 saturated heterocycles. The Kier molecular flexibility index (Phi) is 3.86. The molecule has 2 heterocycles. The summed E-state index contributed by atoms with van der Waals surface area (Å²) in [6.45, 7) is 2.12. The first kappa shape index (κ1) is 12.2. The summed E-state index contributed by atoms with van der Waals surface area (Å²) in [5, 5.41) is 12.2. The number of aromatic nitrogens is 4. The Bertz CT molecular complexity index is 496. The maximum atomic E-state index is 5.99. The Morgan fingerprint density at radius 1 is 1.41 bits per heavy atom. The Labute approximate surface area is 108 Å². The molecule has 0 aliphatic heterocycles. The number of halogens is 1. The number of hydrogen-bond acceptors (Lipinski definition) is 5. The van der Waals surface area contributed by atoms with Crippen LogP contribution >= 0.6 is 23.4 Å². The summed E-state index contributed by atoms with van der Waals surface area (Å²) in [6.07, 6.45) is 2.84. The van der Waals surface area contributed by atoms with Crippen LogP contribution in [-0.2, 0) is 0 Å². The predicted molar refractivity (Wildman–Crippen MR) is 69.6 cm³/mol. The molecule has 0 spiro atoms. The molecule has 2 N–H and O–H groups in total. The van der Waals surface area contributed by atoms with Crippen LogP contribution in [-0.4, -0.2) is 25.7 Å². The Balaban J connectivity index is 2.27. The molecule has 0 radical (unpaired) electrons. The first-order chi connectivity index (χ1) is 8.22. The number of hydrogen-bond donors (Lipinski definition) is 1. The van der Waals surface area contributed by atoms with Crippen LogP contribution in [0.15, 0.2) is 23.2 Å². The van der Waals surface area contributed by atoms with Crippen LogP contribution in [0, 0.1) is 0 Å². The third-order valence-electron chi connectivity index (χ3n) is 2.07. The SMILES string of the molecule is CCCSc1cnn(-c2ccc(Cl)nn2)c1N. The number of rotatable bonds is 4. The van der Waals surface area contributed by atoms with Crippen LogP contribution in [0.4, 0.5) is 5.82 Å². The van der Waals surface area contributed by atoms with Crippen molar-refractivity contribution in [1.29, 1.82) is 0 Å². The van der Waals surface area contributed by atoms with Gasteiger partial charge in [0, 0.05) is 0 Å². The average Bonchev–Trinajstić information content (AvgIpc) is 2.69. The van der Waals surface area contributed by atoms with Crippen molar-refractivity contribution in [3.8, 4) is 5.82 Å². The lowest BCUT2D eigenvalue weighted by Crippen LogP contribution is -2.05. The number of thioether (sulfide) groups is 1. The largest absolute Gasteiger partial charge is 0.383 e. The first-order valence-electron chi connectivity index (χ1n) is 5.18. The van der Waals surface area contributed by atoms with E-state index in [9.17, 15) is 0 Å². The van der Waals surface area contributed by atoms with Gasteiger partial charge >= 0.3 is 0 Å². The Morgan fingerprint density at radius 3 is 2.88 bits per heavy atom. The fraction of sp³-hybridized carbons (Fsp3) is 0.300. The van der Waals surface area contributed by atoms with Crippen molar-refractivity contribution < 1.29 is 0 Å². The molecule has 0 atom stereocenters. The zero-order valence-corrected chi connectivity index (χ0v) is 10.9. The minimum absolute atomic E-state index is 0.347. The molecule has 0 fully saturated rings. The van der Waals surface area contributed by atoms with Crippen LogP contribution in [0.1, 0.15) is 13.3 Å². The van der Waals surface area contributed by atoms with E-state index in [2.05, 4.69) is 22.2 Å². The van der Waals surface area contributed by atoms with Crippen molar-refractivity contribution in [2.45, 2.75) is 18.2 Å². The highest BCUT2D eigenvalue weighted by Gasteiger charge is 2.10. The Hall–Kier alpha value is -1.27. The molecule has 0 saturated carbocycles. The molecule has 0 aliphatic rings. The van der Waals surface area contributed by atoms with E-state index in [1.165, 1.54) is 0 Å². The van der Waals surface area contributed by atoms with Crippen LogP contribution < -0.4 is 5.73 Å². The second-order valence-corrected chi connectivity index (χ2v) is 4.89. The van der Waals surface area contributed by atoms with Crippen LogP contribution in [0.3, 0.4) is 0 Å². The minimum Gasteiger partial charge on any atom is -0.383 e. The second kappa shape index (κ2) is 5.37. The van der Waals surface area contributed by atoms with Gasteiger partial charge < -0.3 is 5.73 Å². The second-order valence-electron chi connectivity index (χ2n) is 3.37. The molecular weight excluding hydrogens is 258 g/mol. The third kappa shape index (κ3) is 2.70. The first-order valence-corrected chi connectivity index (χ1v) is 6.54. The fourth-order valence-electron chi connectivity index (χ4n) is 1.27. The highest BCUT2D eigenvalue weighted by atomic mass is 35.5. The smallest absolute Gasteiger partial charge is 0.178 e. The summed E-state index contributed by atoms with van der Waals surface area (Å²) >= 11 is 7.36.